The van der Waals surface area contributed by atoms with E-state index in [0.29, 0.717) is 6.17 Å². The minimum absolute atomic E-state index is 0.232. The topological polar surface area (TPSA) is 24.1 Å². The highest BCUT2D eigenvalue weighted by Gasteiger charge is 2.01. The quantitative estimate of drug-likeness (QED) is 0.353. The van der Waals surface area contributed by atoms with Crippen LogP contribution in [-0.4, -0.2) is 29.8 Å². The monoisotopic (exact) mass is 188 g/mol. The van der Waals surface area contributed by atoms with E-state index in [0.717, 1.165) is 5.54 Å². The van der Waals surface area contributed by atoms with Crippen molar-refractivity contribution in [3.63, 3.8) is 0 Å². The molecule has 0 spiro atoms. The van der Waals surface area contributed by atoms with Gasteiger partial charge in [-0.1, -0.05) is 31.9 Å². The van der Waals surface area contributed by atoms with Gasteiger partial charge in [-0.05, 0) is 20.5 Å². The Morgan fingerprint density at radius 1 is 1.17 bits per heavy atom. The molecule has 0 fully saturated rings. The Balaban J connectivity index is 3.17. The average Bonchev–Trinajstić information content (AvgIpc) is 2.04. The second-order valence-corrected chi connectivity index (χ2v) is 6.73. The molecule has 12 heavy (non-hydrogen) atoms. The fourth-order valence-electron chi connectivity index (χ4n) is 1.33. The van der Waals surface area contributed by atoms with Crippen LogP contribution in [0.5, 0.6) is 0 Å². The van der Waals surface area contributed by atoms with Crippen molar-refractivity contribution in [2.24, 2.45) is 0 Å². The van der Waals surface area contributed by atoms with Gasteiger partial charge in [-0.2, -0.15) is 0 Å². The zero-order valence-electron chi connectivity index (χ0n) is 8.98. The molecule has 0 radical (unpaired) electrons. The highest BCUT2D eigenvalue weighted by Crippen LogP contribution is 2.05. The van der Waals surface area contributed by atoms with Gasteiger partial charge in [0.2, 0.25) is 0 Å². The summed E-state index contributed by atoms with van der Waals surface area (Å²) in [5.41, 5.74) is 0.993. The van der Waals surface area contributed by atoms with Crippen molar-refractivity contribution in [3.8, 4) is 0 Å². The molecule has 0 aliphatic rings. The van der Waals surface area contributed by atoms with Crippen LogP contribution in [0.1, 0.15) is 26.7 Å². The predicted molar refractivity (Wildman–Crippen MR) is 59.6 cm³/mol. The summed E-state index contributed by atoms with van der Waals surface area (Å²) in [7, 11) is 4.26. The van der Waals surface area contributed by atoms with Gasteiger partial charge in [0.05, 0.1) is 6.17 Å². The molecule has 3 heteroatoms. The lowest BCUT2D eigenvalue weighted by Gasteiger charge is -2.14. The molecule has 0 rings (SSSR count). The Kier molecular flexibility index (Phi) is 7.86. The van der Waals surface area contributed by atoms with Crippen LogP contribution in [0, 0.1) is 0 Å². The molecular weight excluding hydrogens is 164 g/mol. The molecule has 0 saturated heterocycles. The van der Waals surface area contributed by atoms with Crippen LogP contribution >= 0.6 is 0 Å². The van der Waals surface area contributed by atoms with Gasteiger partial charge in [0.1, 0.15) is 0 Å². The Morgan fingerprint density at radius 3 is 2.17 bits per heavy atom. The second kappa shape index (κ2) is 7.77. The van der Waals surface area contributed by atoms with E-state index in [1.54, 1.807) is 0 Å². The van der Waals surface area contributed by atoms with Crippen molar-refractivity contribution < 1.29 is 0 Å². The van der Waals surface area contributed by atoms with Gasteiger partial charge in [0, 0.05) is 9.52 Å². The molecule has 2 N–H and O–H groups in total. The first kappa shape index (κ1) is 12.1. The summed E-state index contributed by atoms with van der Waals surface area (Å²) in [6, 6.07) is 1.50. The van der Waals surface area contributed by atoms with Crippen molar-refractivity contribution in [2.75, 3.05) is 14.1 Å². The molecule has 74 valence electrons. The van der Waals surface area contributed by atoms with Crippen LogP contribution < -0.4 is 10.6 Å². The van der Waals surface area contributed by atoms with Gasteiger partial charge in [-0.25, -0.2) is 0 Å². The van der Waals surface area contributed by atoms with Crippen LogP contribution in [0.15, 0.2) is 0 Å². The largest absolute Gasteiger partial charge is 0.305 e. The van der Waals surface area contributed by atoms with E-state index in [9.17, 15) is 0 Å². The van der Waals surface area contributed by atoms with E-state index in [1.807, 2.05) is 14.1 Å². The Bertz CT molecular complexity index is 92.5. The fraction of sp³-hybridized carbons (Fsp3) is 1.00. The molecule has 0 aromatic rings. The lowest BCUT2D eigenvalue weighted by molar-refractivity contribution is 0.457. The summed E-state index contributed by atoms with van der Waals surface area (Å²) in [6.45, 7) is 4.69. The number of hydrogen-bond donors (Lipinski definition) is 2. The molecule has 0 aromatic carbocycles. The number of rotatable bonds is 7. The lowest BCUT2D eigenvalue weighted by Crippen LogP contribution is -2.37. The van der Waals surface area contributed by atoms with E-state index in [4.69, 9.17) is 0 Å². The second-order valence-electron chi connectivity index (χ2n) is 3.81. The summed E-state index contributed by atoms with van der Waals surface area (Å²) in [5.74, 6) is 0. The predicted octanol–water partition coefficient (Wildman–Crippen LogP) is 0.947. The normalized spacial score (nSPS) is 12.5. The molecule has 0 saturated carbocycles. The van der Waals surface area contributed by atoms with Gasteiger partial charge in [-0.3, -0.25) is 0 Å². The van der Waals surface area contributed by atoms with Crippen molar-refractivity contribution in [3.05, 3.63) is 0 Å². The Morgan fingerprint density at radius 2 is 1.75 bits per heavy atom. The van der Waals surface area contributed by atoms with Crippen LogP contribution in [0.3, 0.4) is 0 Å². The van der Waals surface area contributed by atoms with Crippen LogP contribution in [0.4, 0.5) is 0 Å². The minimum Gasteiger partial charge on any atom is -0.305 e. The van der Waals surface area contributed by atoms with Crippen molar-refractivity contribution >= 4 is 9.52 Å². The van der Waals surface area contributed by atoms with E-state index < -0.39 is 0 Å². The van der Waals surface area contributed by atoms with E-state index >= 15 is 0 Å². The maximum absolute atomic E-state index is 3.24. The first-order valence-corrected chi connectivity index (χ1v) is 6.87. The summed E-state index contributed by atoms with van der Waals surface area (Å²) < 4.78 is 0. The van der Waals surface area contributed by atoms with Gasteiger partial charge in [-0.15, -0.1) is 0 Å². The maximum Gasteiger partial charge on any atom is 0.0566 e. The molecule has 0 aliphatic carbocycles. The number of hydrogen-bond acceptors (Lipinski definition) is 2. The minimum atomic E-state index is 0.232. The number of nitrogens with one attached hydrogen (secondary N) is 2. The summed E-state index contributed by atoms with van der Waals surface area (Å²) >= 11 is 0. The summed E-state index contributed by atoms with van der Waals surface area (Å²) in [4.78, 5) is 0. The highest BCUT2D eigenvalue weighted by molar-refractivity contribution is 6.37. The Hall–Kier alpha value is 0.137. The lowest BCUT2D eigenvalue weighted by atomic mass is 10.3. The zero-order chi connectivity index (χ0) is 9.40. The van der Waals surface area contributed by atoms with Gasteiger partial charge >= 0.3 is 0 Å². The summed E-state index contributed by atoms with van der Waals surface area (Å²) in [6.07, 6.45) is 3.18. The molecule has 0 bridgehead atoms. The van der Waals surface area contributed by atoms with Gasteiger partial charge in [0.15, 0.2) is 0 Å². The smallest absolute Gasteiger partial charge is 0.0566 e. The zero-order valence-corrected chi connectivity index (χ0v) is 10.4. The Labute approximate surface area is 79.3 Å². The van der Waals surface area contributed by atoms with Crippen molar-refractivity contribution in [1.82, 2.24) is 10.6 Å². The van der Waals surface area contributed by atoms with E-state index in [1.165, 1.54) is 18.9 Å². The molecule has 0 atom stereocenters. The summed E-state index contributed by atoms with van der Waals surface area (Å²) in [5, 5.41) is 6.49. The molecular formula is C9H24N2Si. The third kappa shape index (κ3) is 6.82. The molecule has 0 heterocycles. The molecule has 0 amide bonds. The van der Waals surface area contributed by atoms with Crippen LogP contribution in [0.25, 0.3) is 0 Å². The van der Waals surface area contributed by atoms with Crippen molar-refractivity contribution in [2.45, 2.75) is 44.4 Å². The molecule has 2 nitrogen and oxygen atoms in total. The SMILES string of the molecule is CNC(CCC[SiH2]C(C)C)NC. The van der Waals surface area contributed by atoms with E-state index in [2.05, 4.69) is 24.5 Å². The van der Waals surface area contributed by atoms with Crippen LogP contribution in [-0.2, 0) is 0 Å². The van der Waals surface area contributed by atoms with E-state index in [-0.39, 0.29) is 9.52 Å². The maximum atomic E-state index is 3.24. The molecule has 0 unspecified atom stereocenters. The highest BCUT2D eigenvalue weighted by atomic mass is 28.2. The van der Waals surface area contributed by atoms with Crippen LogP contribution in [0.2, 0.25) is 11.6 Å². The molecule has 0 aliphatic heterocycles. The first-order chi connectivity index (χ1) is 5.70. The third-order valence-corrected chi connectivity index (χ3v) is 4.28. The van der Waals surface area contributed by atoms with Gasteiger partial charge < -0.3 is 10.6 Å². The first-order valence-electron chi connectivity index (χ1n) is 5.05. The van der Waals surface area contributed by atoms with Gasteiger partial charge in [0.25, 0.3) is 0 Å². The van der Waals surface area contributed by atoms with Crippen molar-refractivity contribution in [1.29, 1.82) is 0 Å². The standard InChI is InChI=1S/C9H24N2Si/c1-8(2)12-7-5-6-9(10-3)11-4/h8-11H,5-7,12H2,1-4H3. The fourth-order valence-corrected chi connectivity index (χ4v) is 2.73. The molecule has 0 aromatic heterocycles. The third-order valence-electron chi connectivity index (χ3n) is 2.22. The average molecular weight is 188 g/mol.